The molecule has 0 atom stereocenters. The molecule has 0 spiro atoms. The summed E-state index contributed by atoms with van der Waals surface area (Å²) in [6.07, 6.45) is 2.99. The van der Waals surface area contributed by atoms with Gasteiger partial charge in [0.1, 0.15) is 16.4 Å². The van der Waals surface area contributed by atoms with E-state index in [9.17, 15) is 9.18 Å². The van der Waals surface area contributed by atoms with Gasteiger partial charge in [0.05, 0.1) is 12.7 Å². The molecule has 1 N–H and O–H groups in total. The minimum Gasteiger partial charge on any atom is -0.304 e. The lowest BCUT2D eigenvalue weighted by Gasteiger charge is -2.04. The molecule has 1 aromatic carbocycles. The normalized spacial score (nSPS) is 11.1. The molecule has 0 aliphatic rings. The highest BCUT2D eigenvalue weighted by Crippen LogP contribution is 2.22. The largest absolute Gasteiger partial charge is 0.304 e. The summed E-state index contributed by atoms with van der Waals surface area (Å²) >= 11 is 6.20. The Morgan fingerprint density at radius 3 is 2.86 bits per heavy atom. The van der Waals surface area contributed by atoms with E-state index in [4.69, 9.17) is 11.6 Å². The van der Waals surface area contributed by atoms with E-state index in [0.29, 0.717) is 16.8 Å². The van der Waals surface area contributed by atoms with Gasteiger partial charge >= 0.3 is 0 Å². The van der Waals surface area contributed by atoms with Gasteiger partial charge < -0.3 is 5.32 Å². The summed E-state index contributed by atoms with van der Waals surface area (Å²) in [5.74, 6) is -0.569. The number of nitrogens with one attached hydrogen (secondary N) is 1. The second kappa shape index (κ2) is 7.05. The van der Waals surface area contributed by atoms with Crippen LogP contribution < -0.4 is 5.32 Å². The SMILES string of the molecule is Cc1cc(C)n2ncc(C(=O)Nc3nn(Cc4ccccc4F)cc3Cl)c2n1. The average Bonchev–Trinajstić information content (AvgIpc) is 3.21. The Bertz CT molecular complexity index is 1200. The average molecular weight is 399 g/mol. The van der Waals surface area contributed by atoms with Crippen LogP contribution in [-0.4, -0.2) is 30.3 Å². The molecule has 0 bridgehead atoms. The van der Waals surface area contributed by atoms with E-state index >= 15 is 0 Å². The Morgan fingerprint density at radius 2 is 2.07 bits per heavy atom. The third kappa shape index (κ3) is 3.34. The topological polar surface area (TPSA) is 77.1 Å². The lowest BCUT2D eigenvalue weighted by atomic mass is 10.2. The van der Waals surface area contributed by atoms with Crippen molar-refractivity contribution >= 4 is 29.0 Å². The van der Waals surface area contributed by atoms with E-state index < -0.39 is 5.91 Å². The maximum atomic E-state index is 13.8. The predicted octanol–water partition coefficient (Wildman–Crippen LogP) is 3.64. The molecule has 0 radical (unpaired) electrons. The van der Waals surface area contributed by atoms with Gasteiger partial charge in [0.25, 0.3) is 5.91 Å². The fraction of sp³-hybridized carbons (Fsp3) is 0.158. The van der Waals surface area contributed by atoms with Gasteiger partial charge in [-0.1, -0.05) is 29.8 Å². The molecule has 0 saturated heterocycles. The summed E-state index contributed by atoms with van der Waals surface area (Å²) in [6.45, 7) is 3.93. The number of hydrogen-bond acceptors (Lipinski definition) is 4. The van der Waals surface area contributed by atoms with E-state index in [-0.39, 0.29) is 23.2 Å². The molecule has 1 amide bonds. The van der Waals surface area contributed by atoms with E-state index in [1.54, 1.807) is 22.7 Å². The molecular weight excluding hydrogens is 383 g/mol. The number of hydrogen-bond donors (Lipinski definition) is 1. The summed E-state index contributed by atoms with van der Waals surface area (Å²) < 4.78 is 16.9. The van der Waals surface area contributed by atoms with Crippen LogP contribution in [-0.2, 0) is 6.54 Å². The fourth-order valence-corrected chi connectivity index (χ4v) is 3.17. The minimum absolute atomic E-state index is 0.187. The third-order valence-corrected chi connectivity index (χ3v) is 4.54. The maximum absolute atomic E-state index is 13.8. The molecule has 7 nitrogen and oxygen atoms in total. The standard InChI is InChI=1S/C19H16ClFN6O/c1-11-7-12(2)27-18(23-11)14(8-22-27)19(28)24-17-15(20)10-26(25-17)9-13-5-3-4-6-16(13)21/h3-8,10H,9H2,1-2H3,(H,24,25,28). The minimum atomic E-state index is -0.425. The number of rotatable bonds is 4. The summed E-state index contributed by atoms with van der Waals surface area (Å²) in [5.41, 5.74) is 2.89. The molecule has 3 heterocycles. The molecule has 3 aromatic heterocycles. The first kappa shape index (κ1) is 18.1. The Kier molecular flexibility index (Phi) is 4.56. The van der Waals surface area contributed by atoms with Crippen molar-refractivity contribution in [1.29, 1.82) is 0 Å². The number of carbonyl (C=O) groups is 1. The summed E-state index contributed by atoms with van der Waals surface area (Å²) in [6, 6.07) is 8.29. The second-order valence-corrected chi connectivity index (χ2v) is 6.81. The first-order chi connectivity index (χ1) is 13.4. The van der Waals surface area contributed by atoms with Gasteiger partial charge in [-0.2, -0.15) is 10.2 Å². The van der Waals surface area contributed by atoms with Crippen LogP contribution in [0, 0.1) is 19.7 Å². The highest BCUT2D eigenvalue weighted by molar-refractivity contribution is 6.33. The summed E-state index contributed by atoms with van der Waals surface area (Å²) in [5, 5.41) is 11.4. The molecule has 4 rings (SSSR count). The first-order valence-electron chi connectivity index (χ1n) is 8.52. The van der Waals surface area contributed by atoms with Gasteiger partial charge in [-0.3, -0.25) is 9.48 Å². The quantitative estimate of drug-likeness (QED) is 0.569. The highest BCUT2D eigenvalue weighted by atomic mass is 35.5. The Morgan fingerprint density at radius 1 is 1.29 bits per heavy atom. The zero-order valence-corrected chi connectivity index (χ0v) is 15.9. The zero-order valence-electron chi connectivity index (χ0n) is 15.1. The predicted molar refractivity (Wildman–Crippen MR) is 103 cm³/mol. The molecule has 142 valence electrons. The smallest absolute Gasteiger partial charge is 0.262 e. The summed E-state index contributed by atoms with van der Waals surface area (Å²) in [4.78, 5) is 17.1. The van der Waals surface area contributed by atoms with Crippen LogP contribution in [0.4, 0.5) is 10.2 Å². The van der Waals surface area contributed by atoms with Crippen LogP contribution in [0.3, 0.4) is 0 Å². The van der Waals surface area contributed by atoms with E-state index in [0.717, 1.165) is 11.4 Å². The molecule has 0 aliphatic heterocycles. The number of aryl methyl sites for hydroxylation is 2. The molecule has 28 heavy (non-hydrogen) atoms. The second-order valence-electron chi connectivity index (χ2n) is 6.40. The van der Waals surface area contributed by atoms with Crippen molar-refractivity contribution < 1.29 is 9.18 Å². The Balaban J connectivity index is 1.59. The number of amides is 1. The van der Waals surface area contributed by atoms with Gasteiger partial charge in [0.2, 0.25) is 0 Å². The van der Waals surface area contributed by atoms with Gasteiger partial charge in [-0.15, -0.1) is 0 Å². The highest BCUT2D eigenvalue weighted by Gasteiger charge is 2.18. The van der Waals surface area contributed by atoms with Crippen molar-refractivity contribution in [2.24, 2.45) is 0 Å². The lowest BCUT2D eigenvalue weighted by molar-refractivity contribution is 0.102. The number of benzene rings is 1. The van der Waals surface area contributed by atoms with E-state index in [1.807, 2.05) is 19.9 Å². The number of halogens is 2. The van der Waals surface area contributed by atoms with Gasteiger partial charge in [-0.05, 0) is 26.0 Å². The maximum Gasteiger partial charge on any atom is 0.262 e. The van der Waals surface area contributed by atoms with E-state index in [2.05, 4.69) is 20.5 Å². The van der Waals surface area contributed by atoms with Gasteiger partial charge in [-0.25, -0.2) is 13.9 Å². The molecule has 0 saturated carbocycles. The third-order valence-electron chi connectivity index (χ3n) is 4.26. The molecular formula is C19H16ClFN6O. The Hall–Kier alpha value is -3.26. The van der Waals surface area contributed by atoms with Crippen molar-refractivity contribution in [2.75, 3.05) is 5.32 Å². The van der Waals surface area contributed by atoms with Crippen molar-refractivity contribution in [1.82, 2.24) is 24.4 Å². The number of anilines is 1. The van der Waals surface area contributed by atoms with Crippen LogP contribution >= 0.6 is 11.6 Å². The number of fused-ring (bicyclic) bond motifs is 1. The van der Waals surface area contributed by atoms with Crippen LogP contribution in [0.1, 0.15) is 27.3 Å². The monoisotopic (exact) mass is 398 g/mol. The van der Waals surface area contributed by atoms with Crippen LogP contribution in [0.15, 0.2) is 42.7 Å². The van der Waals surface area contributed by atoms with Crippen molar-refractivity contribution in [3.8, 4) is 0 Å². The van der Waals surface area contributed by atoms with Crippen molar-refractivity contribution in [3.63, 3.8) is 0 Å². The van der Waals surface area contributed by atoms with Crippen LogP contribution in [0.5, 0.6) is 0 Å². The molecule has 9 heteroatoms. The number of aromatic nitrogens is 5. The number of nitrogens with zero attached hydrogens (tertiary/aromatic N) is 5. The summed E-state index contributed by atoms with van der Waals surface area (Å²) in [7, 11) is 0. The van der Waals surface area contributed by atoms with Crippen LogP contribution in [0.25, 0.3) is 5.65 Å². The van der Waals surface area contributed by atoms with Crippen molar-refractivity contribution in [2.45, 2.75) is 20.4 Å². The molecule has 4 aromatic rings. The zero-order chi connectivity index (χ0) is 19.8. The first-order valence-corrected chi connectivity index (χ1v) is 8.90. The molecule has 0 unspecified atom stereocenters. The van der Waals surface area contributed by atoms with Crippen molar-refractivity contribution in [3.05, 3.63) is 76.1 Å². The molecule has 0 fully saturated rings. The lowest BCUT2D eigenvalue weighted by Crippen LogP contribution is -2.14. The van der Waals surface area contributed by atoms with Gasteiger partial charge in [0, 0.05) is 23.1 Å². The molecule has 0 aliphatic carbocycles. The van der Waals surface area contributed by atoms with E-state index in [1.165, 1.54) is 23.1 Å². The Labute approximate surface area is 164 Å². The number of carbonyl (C=O) groups excluding carboxylic acids is 1. The van der Waals surface area contributed by atoms with Gasteiger partial charge in [0.15, 0.2) is 11.5 Å². The van der Waals surface area contributed by atoms with Crippen LogP contribution in [0.2, 0.25) is 5.02 Å². The fourth-order valence-electron chi connectivity index (χ4n) is 2.97.